The molecule has 9 rings (SSSR count). The maximum absolute atomic E-state index is 3.82. The zero-order valence-electron chi connectivity index (χ0n) is 25.7. The van der Waals surface area contributed by atoms with Gasteiger partial charge in [-0.15, -0.1) is 0 Å². The molecule has 0 bridgehead atoms. The molecule has 0 fully saturated rings. The largest absolute Gasteiger partial charge is 0.310 e. The fraction of sp³-hybridized carbons (Fsp3) is 0.0698. The Morgan fingerprint density at radius 2 is 1.17 bits per heavy atom. The molecule has 0 saturated heterocycles. The first-order chi connectivity index (χ1) is 22.5. The van der Waals surface area contributed by atoms with Gasteiger partial charge >= 0.3 is 0 Å². The normalized spacial score (nSPS) is 13.3. The molecular formula is C43H31BrN2. The molecule has 0 radical (unpaired) electrons. The second-order valence-corrected chi connectivity index (χ2v) is 13.6. The first-order valence-electron chi connectivity index (χ1n) is 15.8. The van der Waals surface area contributed by atoms with Gasteiger partial charge in [0.05, 0.1) is 11.0 Å². The Morgan fingerprint density at radius 3 is 2.04 bits per heavy atom. The number of aromatic nitrogens is 1. The quantitative estimate of drug-likeness (QED) is 0.183. The standard InChI is InChI=1S/C43H31BrN2/c1-43(2)37-14-7-5-12-34(37)35-25-24-33(27-38(35)43)45(32-19-18-28-10-3-4-11-29(28)26-32)30-20-22-31(23-21-30)46-40-16-8-6-13-36(40)42-39(44)15-9-17-41(42)46/h3-27H,1-2H3. The maximum Gasteiger partial charge on any atom is 0.0552 e. The Hall–Kier alpha value is -5.12. The zero-order chi connectivity index (χ0) is 31.0. The summed E-state index contributed by atoms with van der Waals surface area (Å²) in [5.41, 5.74) is 12.3. The number of nitrogens with zero attached hydrogens (tertiary/aromatic N) is 2. The van der Waals surface area contributed by atoms with E-state index in [-0.39, 0.29) is 5.41 Å². The number of rotatable bonds is 4. The lowest BCUT2D eigenvalue weighted by Crippen LogP contribution is -2.16. The lowest BCUT2D eigenvalue weighted by Gasteiger charge is -2.28. The molecule has 0 aliphatic heterocycles. The summed E-state index contributed by atoms with van der Waals surface area (Å²) in [5, 5.41) is 4.95. The van der Waals surface area contributed by atoms with Gasteiger partial charge in [0, 0.05) is 43.4 Å². The van der Waals surface area contributed by atoms with Crippen LogP contribution in [0.15, 0.2) is 156 Å². The Labute approximate surface area is 277 Å². The van der Waals surface area contributed by atoms with Gasteiger partial charge in [-0.25, -0.2) is 0 Å². The van der Waals surface area contributed by atoms with Crippen molar-refractivity contribution in [1.29, 1.82) is 0 Å². The van der Waals surface area contributed by atoms with Crippen LogP contribution in [0.5, 0.6) is 0 Å². The van der Waals surface area contributed by atoms with E-state index in [1.54, 1.807) is 0 Å². The van der Waals surface area contributed by atoms with Crippen molar-refractivity contribution in [2.24, 2.45) is 0 Å². The molecule has 0 atom stereocenters. The number of benzene rings is 7. The lowest BCUT2D eigenvalue weighted by molar-refractivity contribution is 0.660. The van der Waals surface area contributed by atoms with Gasteiger partial charge in [0.25, 0.3) is 0 Å². The monoisotopic (exact) mass is 654 g/mol. The van der Waals surface area contributed by atoms with Gasteiger partial charge in [0.2, 0.25) is 0 Å². The molecule has 0 amide bonds. The number of halogens is 1. The lowest BCUT2D eigenvalue weighted by atomic mass is 9.82. The molecule has 3 heteroatoms. The van der Waals surface area contributed by atoms with Crippen molar-refractivity contribution in [3.05, 3.63) is 167 Å². The van der Waals surface area contributed by atoms with Crippen LogP contribution in [-0.2, 0) is 5.41 Å². The Morgan fingerprint density at radius 1 is 0.522 bits per heavy atom. The van der Waals surface area contributed by atoms with Gasteiger partial charge in [-0.05, 0) is 99.8 Å². The minimum absolute atomic E-state index is 0.0777. The molecule has 1 aliphatic carbocycles. The summed E-state index contributed by atoms with van der Waals surface area (Å²) in [6.45, 7) is 4.70. The third-order valence-corrected chi connectivity index (χ3v) is 10.5. The molecule has 46 heavy (non-hydrogen) atoms. The number of hydrogen-bond acceptors (Lipinski definition) is 1. The van der Waals surface area contributed by atoms with E-state index < -0.39 is 0 Å². The average molecular weight is 656 g/mol. The Kier molecular flexibility index (Phi) is 6.03. The minimum Gasteiger partial charge on any atom is -0.310 e. The summed E-state index contributed by atoms with van der Waals surface area (Å²) < 4.78 is 3.48. The molecule has 8 aromatic rings. The highest BCUT2D eigenvalue weighted by atomic mass is 79.9. The number of anilines is 3. The van der Waals surface area contributed by atoms with Crippen molar-refractivity contribution in [1.82, 2.24) is 4.57 Å². The van der Waals surface area contributed by atoms with Gasteiger partial charge in [-0.1, -0.05) is 115 Å². The van der Waals surface area contributed by atoms with Crippen molar-refractivity contribution in [3.63, 3.8) is 0 Å². The molecule has 7 aromatic carbocycles. The topological polar surface area (TPSA) is 8.17 Å². The van der Waals surface area contributed by atoms with Crippen LogP contribution in [0.1, 0.15) is 25.0 Å². The SMILES string of the molecule is CC1(C)c2ccccc2-c2ccc(N(c3ccc(-n4c5ccccc5c5c(Br)cccc54)cc3)c3ccc4ccccc4c3)cc21. The van der Waals surface area contributed by atoms with E-state index in [2.05, 4.69) is 191 Å². The molecule has 0 N–H and O–H groups in total. The average Bonchev–Trinajstić information content (AvgIpc) is 3.55. The van der Waals surface area contributed by atoms with E-state index in [0.717, 1.165) is 27.2 Å². The molecule has 1 heterocycles. The van der Waals surface area contributed by atoms with Crippen LogP contribution >= 0.6 is 15.9 Å². The van der Waals surface area contributed by atoms with Gasteiger partial charge in [0.15, 0.2) is 0 Å². The van der Waals surface area contributed by atoms with Crippen molar-refractivity contribution in [2.75, 3.05) is 4.90 Å². The van der Waals surface area contributed by atoms with E-state index in [9.17, 15) is 0 Å². The van der Waals surface area contributed by atoms with Crippen LogP contribution in [0.2, 0.25) is 0 Å². The second kappa shape index (κ2) is 10.2. The zero-order valence-corrected chi connectivity index (χ0v) is 27.3. The molecule has 0 spiro atoms. The van der Waals surface area contributed by atoms with Crippen LogP contribution in [0.3, 0.4) is 0 Å². The van der Waals surface area contributed by atoms with Crippen LogP contribution < -0.4 is 4.90 Å². The molecule has 1 aromatic heterocycles. The van der Waals surface area contributed by atoms with Crippen LogP contribution in [-0.4, -0.2) is 4.57 Å². The number of hydrogen-bond donors (Lipinski definition) is 0. The number of para-hydroxylation sites is 1. The van der Waals surface area contributed by atoms with Crippen LogP contribution in [0.4, 0.5) is 17.1 Å². The molecule has 2 nitrogen and oxygen atoms in total. The smallest absolute Gasteiger partial charge is 0.0552 e. The highest BCUT2D eigenvalue weighted by Gasteiger charge is 2.35. The van der Waals surface area contributed by atoms with Crippen LogP contribution in [0.25, 0.3) is 49.4 Å². The summed E-state index contributed by atoms with van der Waals surface area (Å²) in [7, 11) is 0. The fourth-order valence-electron chi connectivity index (χ4n) is 7.60. The van der Waals surface area contributed by atoms with Crippen molar-refractivity contribution < 1.29 is 0 Å². The van der Waals surface area contributed by atoms with E-state index in [4.69, 9.17) is 0 Å². The van der Waals surface area contributed by atoms with Gasteiger partial charge in [-0.2, -0.15) is 0 Å². The second-order valence-electron chi connectivity index (χ2n) is 12.8. The van der Waals surface area contributed by atoms with E-state index >= 15 is 0 Å². The third kappa shape index (κ3) is 4.01. The van der Waals surface area contributed by atoms with E-state index in [1.165, 1.54) is 54.8 Å². The van der Waals surface area contributed by atoms with Crippen molar-refractivity contribution >= 4 is 65.6 Å². The predicted octanol–water partition coefficient (Wildman–Crippen LogP) is 12.5. The van der Waals surface area contributed by atoms with Gasteiger partial charge in [0.1, 0.15) is 0 Å². The highest BCUT2D eigenvalue weighted by Crippen LogP contribution is 2.50. The van der Waals surface area contributed by atoms with E-state index in [1.807, 2.05) is 0 Å². The van der Waals surface area contributed by atoms with Crippen molar-refractivity contribution in [2.45, 2.75) is 19.3 Å². The Bertz CT molecular complexity index is 2470. The summed E-state index contributed by atoms with van der Waals surface area (Å²) in [4.78, 5) is 2.40. The fourth-order valence-corrected chi connectivity index (χ4v) is 8.17. The molecule has 220 valence electrons. The molecular weight excluding hydrogens is 624 g/mol. The van der Waals surface area contributed by atoms with Crippen molar-refractivity contribution in [3.8, 4) is 16.8 Å². The summed E-state index contributed by atoms with van der Waals surface area (Å²) in [6, 6.07) is 55.4. The third-order valence-electron chi connectivity index (χ3n) is 9.83. The number of fused-ring (bicyclic) bond motifs is 7. The van der Waals surface area contributed by atoms with Gasteiger partial charge in [-0.3, -0.25) is 0 Å². The first kappa shape index (κ1) is 27.2. The molecule has 0 saturated carbocycles. The highest BCUT2D eigenvalue weighted by molar-refractivity contribution is 9.10. The maximum atomic E-state index is 3.82. The molecule has 1 aliphatic rings. The molecule has 0 unspecified atom stereocenters. The summed E-state index contributed by atoms with van der Waals surface area (Å²) >= 11 is 3.82. The van der Waals surface area contributed by atoms with Crippen LogP contribution in [0, 0.1) is 0 Å². The Balaban J connectivity index is 1.22. The van der Waals surface area contributed by atoms with Gasteiger partial charge < -0.3 is 9.47 Å². The van der Waals surface area contributed by atoms with E-state index in [0.29, 0.717) is 0 Å². The summed E-state index contributed by atoms with van der Waals surface area (Å²) in [6.07, 6.45) is 0. The minimum atomic E-state index is -0.0777. The first-order valence-corrected chi connectivity index (χ1v) is 16.6. The summed E-state index contributed by atoms with van der Waals surface area (Å²) in [5.74, 6) is 0. The predicted molar refractivity (Wildman–Crippen MR) is 198 cm³/mol.